The number of anilines is 1. The van der Waals surface area contributed by atoms with Crippen LogP contribution in [0.2, 0.25) is 0 Å². The third-order valence-corrected chi connectivity index (χ3v) is 3.42. The quantitative estimate of drug-likeness (QED) is 0.467. The number of phenolic OH excluding ortho intramolecular Hbond substituents is 1. The van der Waals surface area contributed by atoms with Crippen LogP contribution in [0.3, 0.4) is 0 Å². The Hall–Kier alpha value is -2.61. The molecule has 0 saturated carbocycles. The molecule has 0 unspecified atom stereocenters. The Kier molecular flexibility index (Phi) is 5.17. The first-order valence-corrected chi connectivity index (χ1v) is 7.42. The minimum Gasteiger partial charge on any atom is -0.506 e. The van der Waals surface area contributed by atoms with Gasteiger partial charge in [0.25, 0.3) is 11.6 Å². The van der Waals surface area contributed by atoms with E-state index in [2.05, 4.69) is 21.2 Å². The summed E-state index contributed by atoms with van der Waals surface area (Å²) in [6.07, 6.45) is 0. The van der Waals surface area contributed by atoms with Crippen molar-refractivity contribution >= 4 is 33.2 Å². The lowest BCUT2D eigenvalue weighted by atomic mass is 10.1. The zero-order valence-corrected chi connectivity index (χ0v) is 13.7. The minimum atomic E-state index is -0.611. The minimum absolute atomic E-state index is 0.0494. The van der Waals surface area contributed by atoms with Crippen molar-refractivity contribution in [2.45, 2.75) is 6.92 Å². The number of nitrogens with one attached hydrogen (secondary N) is 1. The van der Waals surface area contributed by atoms with E-state index in [1.54, 1.807) is 25.1 Å². The second-order valence-corrected chi connectivity index (χ2v) is 5.40. The summed E-state index contributed by atoms with van der Waals surface area (Å²) in [6.45, 7) is 2.17. The fourth-order valence-corrected chi connectivity index (χ4v) is 2.25. The Balaban J connectivity index is 2.34. The molecule has 0 aromatic heterocycles. The summed E-state index contributed by atoms with van der Waals surface area (Å²) in [5.74, 6) is -0.444. The number of carbonyl (C=O) groups excluding carboxylic acids is 1. The van der Waals surface area contributed by atoms with Gasteiger partial charge in [-0.2, -0.15) is 0 Å². The number of non-ortho nitro benzene ring substituents is 1. The molecule has 1 amide bonds. The molecule has 0 fully saturated rings. The van der Waals surface area contributed by atoms with Crippen LogP contribution in [0.15, 0.2) is 40.9 Å². The maximum absolute atomic E-state index is 12.4. The molecular weight excluding hydrogens is 368 g/mol. The van der Waals surface area contributed by atoms with E-state index in [9.17, 15) is 20.0 Å². The Morgan fingerprint density at radius 3 is 2.74 bits per heavy atom. The summed E-state index contributed by atoms with van der Waals surface area (Å²) in [5, 5.41) is 23.0. The number of rotatable bonds is 5. The molecule has 0 aliphatic carbocycles. The highest BCUT2D eigenvalue weighted by molar-refractivity contribution is 9.10. The lowest BCUT2D eigenvalue weighted by Crippen LogP contribution is -2.14. The number of halogens is 1. The number of hydrogen-bond donors (Lipinski definition) is 2. The second-order valence-electron chi connectivity index (χ2n) is 4.49. The topological polar surface area (TPSA) is 102 Å². The smallest absolute Gasteiger partial charge is 0.271 e. The monoisotopic (exact) mass is 380 g/mol. The Morgan fingerprint density at radius 1 is 1.35 bits per heavy atom. The summed E-state index contributed by atoms with van der Waals surface area (Å²) >= 11 is 3.27. The first-order chi connectivity index (χ1) is 10.9. The van der Waals surface area contributed by atoms with Gasteiger partial charge in [0.2, 0.25) is 0 Å². The third kappa shape index (κ3) is 3.98. The number of nitro benzene ring substituents is 1. The number of hydrogen-bond acceptors (Lipinski definition) is 5. The van der Waals surface area contributed by atoms with Gasteiger partial charge in [-0.05, 0) is 31.2 Å². The predicted octanol–water partition coefficient (Wildman–Crippen LogP) is 3.71. The zero-order chi connectivity index (χ0) is 17.0. The maximum Gasteiger partial charge on any atom is 0.271 e. The fourth-order valence-electron chi connectivity index (χ4n) is 1.89. The zero-order valence-electron chi connectivity index (χ0n) is 12.1. The Morgan fingerprint density at radius 2 is 2.09 bits per heavy atom. The van der Waals surface area contributed by atoms with Gasteiger partial charge in [0.15, 0.2) is 0 Å². The summed E-state index contributed by atoms with van der Waals surface area (Å²) in [5.41, 5.74) is -0.0453. The van der Waals surface area contributed by atoms with Gasteiger partial charge < -0.3 is 15.2 Å². The van der Waals surface area contributed by atoms with Gasteiger partial charge in [-0.1, -0.05) is 15.9 Å². The second kappa shape index (κ2) is 7.10. The van der Waals surface area contributed by atoms with Gasteiger partial charge in [0, 0.05) is 16.6 Å². The van der Waals surface area contributed by atoms with Crippen LogP contribution in [0.4, 0.5) is 11.4 Å². The number of amides is 1. The number of phenols is 1. The van der Waals surface area contributed by atoms with Crippen LogP contribution >= 0.6 is 15.9 Å². The van der Waals surface area contributed by atoms with Crippen molar-refractivity contribution < 1.29 is 19.6 Å². The van der Waals surface area contributed by atoms with Crippen molar-refractivity contribution in [1.29, 1.82) is 0 Å². The van der Waals surface area contributed by atoms with Gasteiger partial charge >= 0.3 is 0 Å². The van der Waals surface area contributed by atoms with E-state index in [0.717, 1.165) is 18.2 Å². The van der Waals surface area contributed by atoms with Crippen LogP contribution in [0.5, 0.6) is 11.5 Å². The molecule has 2 aromatic rings. The average Bonchev–Trinajstić information content (AvgIpc) is 2.51. The lowest BCUT2D eigenvalue weighted by molar-refractivity contribution is -0.384. The molecule has 2 rings (SSSR count). The van der Waals surface area contributed by atoms with Gasteiger partial charge in [-0.15, -0.1) is 0 Å². The Bertz CT molecular complexity index is 764. The van der Waals surface area contributed by atoms with Crippen LogP contribution in [0.25, 0.3) is 0 Å². The molecule has 8 heteroatoms. The van der Waals surface area contributed by atoms with E-state index < -0.39 is 10.8 Å². The van der Waals surface area contributed by atoms with Crippen molar-refractivity contribution in [3.8, 4) is 11.5 Å². The van der Waals surface area contributed by atoms with Crippen molar-refractivity contribution in [2.24, 2.45) is 0 Å². The average molecular weight is 381 g/mol. The lowest BCUT2D eigenvalue weighted by Gasteiger charge is -2.12. The van der Waals surface area contributed by atoms with E-state index in [1.807, 2.05) is 0 Å². The van der Waals surface area contributed by atoms with E-state index in [0.29, 0.717) is 16.8 Å². The molecule has 23 heavy (non-hydrogen) atoms. The molecule has 2 aromatic carbocycles. The Labute approximate surface area is 140 Å². The van der Waals surface area contributed by atoms with Gasteiger partial charge in [0.1, 0.15) is 11.5 Å². The molecule has 0 spiro atoms. The van der Waals surface area contributed by atoms with Crippen LogP contribution < -0.4 is 10.1 Å². The predicted molar refractivity (Wildman–Crippen MR) is 88.0 cm³/mol. The molecule has 0 heterocycles. The number of nitrogens with zero attached hydrogens (tertiary/aromatic N) is 1. The molecule has 0 aliphatic rings. The first-order valence-electron chi connectivity index (χ1n) is 6.63. The third-order valence-electron chi connectivity index (χ3n) is 2.93. The molecule has 120 valence electrons. The highest BCUT2D eigenvalue weighted by atomic mass is 79.9. The normalized spacial score (nSPS) is 10.2. The number of carbonyl (C=O) groups is 1. The standard InChI is InChI=1S/C15H13BrN2O5/c1-2-23-14-6-3-9(16)7-11(14)15(20)17-12-8-10(18(21)22)4-5-13(12)19/h3-8,19H,2H2,1H3,(H,17,20). The van der Waals surface area contributed by atoms with Crippen molar-refractivity contribution in [1.82, 2.24) is 0 Å². The van der Waals surface area contributed by atoms with Crippen LogP contribution in [0, 0.1) is 10.1 Å². The molecule has 0 atom stereocenters. The highest BCUT2D eigenvalue weighted by Crippen LogP contribution is 2.30. The molecule has 7 nitrogen and oxygen atoms in total. The molecule has 2 N–H and O–H groups in total. The molecule has 0 aliphatic heterocycles. The summed E-state index contributed by atoms with van der Waals surface area (Å²) in [4.78, 5) is 22.6. The largest absolute Gasteiger partial charge is 0.506 e. The summed E-state index contributed by atoms with van der Waals surface area (Å²) < 4.78 is 6.07. The SMILES string of the molecule is CCOc1ccc(Br)cc1C(=O)Nc1cc([N+](=O)[O-])ccc1O. The van der Waals surface area contributed by atoms with E-state index in [-0.39, 0.29) is 22.7 Å². The van der Waals surface area contributed by atoms with Gasteiger partial charge in [-0.3, -0.25) is 14.9 Å². The maximum atomic E-state index is 12.4. The molecule has 0 saturated heterocycles. The molecular formula is C15H13BrN2O5. The van der Waals surface area contributed by atoms with E-state index >= 15 is 0 Å². The van der Waals surface area contributed by atoms with Crippen molar-refractivity contribution in [3.63, 3.8) is 0 Å². The van der Waals surface area contributed by atoms with Gasteiger partial charge in [-0.25, -0.2) is 0 Å². The first kappa shape index (κ1) is 16.8. The number of benzene rings is 2. The van der Waals surface area contributed by atoms with E-state index in [4.69, 9.17) is 4.74 Å². The number of nitro groups is 1. The molecule has 0 bridgehead atoms. The number of ether oxygens (including phenoxy) is 1. The van der Waals surface area contributed by atoms with Gasteiger partial charge in [0.05, 0.1) is 22.8 Å². The fraction of sp³-hybridized carbons (Fsp3) is 0.133. The van der Waals surface area contributed by atoms with E-state index in [1.165, 1.54) is 0 Å². The number of aromatic hydroxyl groups is 1. The molecule has 0 radical (unpaired) electrons. The van der Waals surface area contributed by atoms with Crippen LogP contribution in [0.1, 0.15) is 17.3 Å². The summed E-state index contributed by atoms with van der Waals surface area (Å²) in [6, 6.07) is 8.32. The van der Waals surface area contributed by atoms with Crippen molar-refractivity contribution in [3.05, 3.63) is 56.5 Å². The van der Waals surface area contributed by atoms with Crippen molar-refractivity contribution in [2.75, 3.05) is 11.9 Å². The van der Waals surface area contributed by atoms with Crippen LogP contribution in [-0.4, -0.2) is 22.5 Å². The van der Waals surface area contributed by atoms with Crippen LogP contribution in [-0.2, 0) is 0 Å². The summed E-state index contributed by atoms with van der Waals surface area (Å²) in [7, 11) is 0. The highest BCUT2D eigenvalue weighted by Gasteiger charge is 2.17.